The Labute approximate surface area is 112 Å². The summed E-state index contributed by atoms with van der Waals surface area (Å²) in [6, 6.07) is 17.4. The van der Waals surface area contributed by atoms with E-state index in [2.05, 4.69) is 6.07 Å². The van der Waals surface area contributed by atoms with Crippen LogP contribution >= 0.6 is 0 Å². The standard InChI is InChI=1S/C17H14O2/c18-17(19)16(13-7-2-1-3-8-13)15-11-10-12-6-4-5-9-14(12)15/h1-9H,10-11H2,(H,18,19)/b16-15+. The molecule has 0 amide bonds. The van der Waals surface area contributed by atoms with Gasteiger partial charge < -0.3 is 5.11 Å². The first-order valence-corrected chi connectivity index (χ1v) is 6.37. The molecule has 1 aliphatic rings. The number of rotatable bonds is 2. The molecule has 1 N–H and O–H groups in total. The monoisotopic (exact) mass is 250 g/mol. The summed E-state index contributed by atoms with van der Waals surface area (Å²) >= 11 is 0. The molecule has 0 radical (unpaired) electrons. The quantitative estimate of drug-likeness (QED) is 0.826. The molecule has 2 nitrogen and oxygen atoms in total. The minimum absolute atomic E-state index is 0.436. The molecule has 0 atom stereocenters. The Hall–Kier alpha value is -2.35. The number of carbonyl (C=O) groups is 1. The van der Waals surface area contributed by atoms with Crippen LogP contribution in [0, 0.1) is 0 Å². The average Bonchev–Trinajstić information content (AvgIpc) is 2.84. The molecule has 19 heavy (non-hydrogen) atoms. The van der Waals surface area contributed by atoms with E-state index in [1.807, 2.05) is 48.5 Å². The lowest BCUT2D eigenvalue weighted by molar-refractivity contribution is -0.130. The van der Waals surface area contributed by atoms with Crippen LogP contribution in [0.3, 0.4) is 0 Å². The Morgan fingerprint density at radius 3 is 2.32 bits per heavy atom. The van der Waals surface area contributed by atoms with Crippen molar-refractivity contribution in [2.45, 2.75) is 12.8 Å². The second-order valence-electron chi connectivity index (χ2n) is 4.68. The molecule has 0 saturated heterocycles. The number of fused-ring (bicyclic) bond motifs is 1. The van der Waals surface area contributed by atoms with E-state index in [0.29, 0.717) is 5.57 Å². The molecule has 0 bridgehead atoms. The van der Waals surface area contributed by atoms with Gasteiger partial charge in [0.2, 0.25) is 0 Å². The summed E-state index contributed by atoms with van der Waals surface area (Å²) in [4.78, 5) is 11.6. The van der Waals surface area contributed by atoms with Crippen molar-refractivity contribution in [1.29, 1.82) is 0 Å². The molecule has 1 aliphatic carbocycles. The molecular weight excluding hydrogens is 236 g/mol. The third-order valence-corrected chi connectivity index (χ3v) is 3.56. The van der Waals surface area contributed by atoms with Crippen molar-refractivity contribution >= 4 is 17.1 Å². The summed E-state index contributed by atoms with van der Waals surface area (Å²) in [5, 5.41) is 9.55. The van der Waals surface area contributed by atoms with E-state index in [1.165, 1.54) is 5.56 Å². The minimum Gasteiger partial charge on any atom is -0.478 e. The number of carboxylic acid groups (broad SMARTS) is 1. The van der Waals surface area contributed by atoms with Crippen molar-refractivity contribution in [2.24, 2.45) is 0 Å². The zero-order valence-electron chi connectivity index (χ0n) is 10.5. The van der Waals surface area contributed by atoms with Crippen molar-refractivity contribution in [1.82, 2.24) is 0 Å². The number of allylic oxidation sites excluding steroid dienone is 1. The highest BCUT2D eigenvalue weighted by Gasteiger charge is 2.23. The molecule has 2 aromatic rings. The van der Waals surface area contributed by atoms with Crippen LogP contribution in [-0.4, -0.2) is 11.1 Å². The Kier molecular flexibility index (Phi) is 2.92. The van der Waals surface area contributed by atoms with E-state index in [9.17, 15) is 9.90 Å². The third kappa shape index (κ3) is 2.06. The molecular formula is C17H14O2. The molecule has 2 aromatic carbocycles. The van der Waals surface area contributed by atoms with Gasteiger partial charge in [-0.25, -0.2) is 4.79 Å². The minimum atomic E-state index is -0.849. The molecule has 0 aromatic heterocycles. The van der Waals surface area contributed by atoms with Crippen LogP contribution in [0.25, 0.3) is 11.1 Å². The van der Waals surface area contributed by atoms with Gasteiger partial charge in [-0.1, -0.05) is 54.6 Å². The van der Waals surface area contributed by atoms with Crippen LogP contribution in [0.15, 0.2) is 54.6 Å². The number of aliphatic carboxylic acids is 1. The fourth-order valence-corrected chi connectivity index (χ4v) is 2.72. The number of aryl methyl sites for hydroxylation is 1. The highest BCUT2D eigenvalue weighted by Crippen LogP contribution is 2.37. The summed E-state index contributed by atoms with van der Waals surface area (Å²) in [5.74, 6) is -0.849. The molecule has 0 saturated carbocycles. The Bertz CT molecular complexity index is 654. The number of hydrogen-bond acceptors (Lipinski definition) is 1. The maximum absolute atomic E-state index is 11.6. The van der Waals surface area contributed by atoms with Gasteiger partial charge in [-0.3, -0.25) is 0 Å². The average molecular weight is 250 g/mol. The lowest BCUT2D eigenvalue weighted by Gasteiger charge is -2.08. The number of carboxylic acids is 1. The maximum Gasteiger partial charge on any atom is 0.336 e. The van der Waals surface area contributed by atoms with E-state index in [1.54, 1.807) is 0 Å². The molecule has 0 unspecified atom stereocenters. The lowest BCUT2D eigenvalue weighted by atomic mass is 9.96. The van der Waals surface area contributed by atoms with E-state index in [0.717, 1.165) is 29.5 Å². The van der Waals surface area contributed by atoms with Gasteiger partial charge in [0.05, 0.1) is 5.57 Å². The Balaban J connectivity index is 2.22. The SMILES string of the molecule is O=C(O)/C(=C1\CCc2ccccc21)c1ccccc1. The molecule has 0 aliphatic heterocycles. The van der Waals surface area contributed by atoms with Gasteiger partial charge in [-0.2, -0.15) is 0 Å². The van der Waals surface area contributed by atoms with Crippen molar-refractivity contribution in [3.05, 3.63) is 71.3 Å². The summed E-state index contributed by atoms with van der Waals surface area (Å²) < 4.78 is 0. The van der Waals surface area contributed by atoms with E-state index in [-0.39, 0.29) is 0 Å². The topological polar surface area (TPSA) is 37.3 Å². The number of hydrogen-bond donors (Lipinski definition) is 1. The van der Waals surface area contributed by atoms with Crippen molar-refractivity contribution < 1.29 is 9.90 Å². The normalized spacial score (nSPS) is 16.0. The van der Waals surface area contributed by atoms with Crippen LogP contribution in [0.2, 0.25) is 0 Å². The second-order valence-corrected chi connectivity index (χ2v) is 4.68. The van der Waals surface area contributed by atoms with Crippen LogP contribution in [0.5, 0.6) is 0 Å². The fraction of sp³-hybridized carbons (Fsp3) is 0.118. The predicted molar refractivity (Wildman–Crippen MR) is 75.7 cm³/mol. The molecule has 0 heterocycles. The molecule has 3 rings (SSSR count). The van der Waals surface area contributed by atoms with Crippen molar-refractivity contribution in [2.75, 3.05) is 0 Å². The van der Waals surface area contributed by atoms with Crippen LogP contribution in [-0.2, 0) is 11.2 Å². The summed E-state index contributed by atoms with van der Waals surface area (Å²) in [5.41, 5.74) is 4.50. The van der Waals surface area contributed by atoms with Gasteiger partial charge in [-0.15, -0.1) is 0 Å². The Morgan fingerprint density at radius 2 is 1.58 bits per heavy atom. The predicted octanol–water partition coefficient (Wildman–Crippen LogP) is 3.63. The van der Waals surface area contributed by atoms with Gasteiger partial charge >= 0.3 is 5.97 Å². The zero-order chi connectivity index (χ0) is 13.2. The molecule has 2 heteroatoms. The second kappa shape index (κ2) is 4.73. The van der Waals surface area contributed by atoms with Crippen molar-refractivity contribution in [3.63, 3.8) is 0 Å². The molecule has 0 fully saturated rings. The largest absolute Gasteiger partial charge is 0.478 e. The summed E-state index contributed by atoms with van der Waals surface area (Å²) in [7, 11) is 0. The van der Waals surface area contributed by atoms with Gasteiger partial charge in [0, 0.05) is 0 Å². The highest BCUT2D eigenvalue weighted by atomic mass is 16.4. The van der Waals surface area contributed by atoms with Crippen LogP contribution in [0.4, 0.5) is 0 Å². The van der Waals surface area contributed by atoms with Crippen molar-refractivity contribution in [3.8, 4) is 0 Å². The Morgan fingerprint density at radius 1 is 0.895 bits per heavy atom. The van der Waals surface area contributed by atoms with E-state index in [4.69, 9.17) is 0 Å². The smallest absolute Gasteiger partial charge is 0.336 e. The maximum atomic E-state index is 11.6. The van der Waals surface area contributed by atoms with E-state index < -0.39 is 5.97 Å². The van der Waals surface area contributed by atoms with Crippen LogP contribution < -0.4 is 0 Å². The summed E-state index contributed by atoms with van der Waals surface area (Å²) in [6.45, 7) is 0. The van der Waals surface area contributed by atoms with E-state index >= 15 is 0 Å². The first-order chi connectivity index (χ1) is 9.27. The van der Waals surface area contributed by atoms with Gasteiger partial charge in [0.25, 0.3) is 0 Å². The van der Waals surface area contributed by atoms with Gasteiger partial charge in [0.1, 0.15) is 0 Å². The van der Waals surface area contributed by atoms with Gasteiger partial charge in [-0.05, 0) is 35.1 Å². The summed E-state index contributed by atoms with van der Waals surface area (Å²) in [6.07, 6.45) is 1.73. The molecule has 0 spiro atoms. The molecule has 94 valence electrons. The first kappa shape index (κ1) is 11.7. The lowest BCUT2D eigenvalue weighted by Crippen LogP contribution is -2.02. The third-order valence-electron chi connectivity index (χ3n) is 3.56. The van der Waals surface area contributed by atoms with Crippen LogP contribution in [0.1, 0.15) is 23.1 Å². The first-order valence-electron chi connectivity index (χ1n) is 6.37. The fourth-order valence-electron chi connectivity index (χ4n) is 2.72. The highest BCUT2D eigenvalue weighted by molar-refractivity contribution is 6.24. The zero-order valence-corrected chi connectivity index (χ0v) is 10.5. The van der Waals surface area contributed by atoms with Gasteiger partial charge in [0.15, 0.2) is 0 Å². The number of benzene rings is 2.